The SMILES string of the molecule is NCC1(c2cn(CC3CC3)nn2)CCC1. The van der Waals surface area contributed by atoms with Crippen molar-refractivity contribution in [2.45, 2.75) is 44.1 Å². The molecular weight excluding hydrogens is 188 g/mol. The molecule has 0 saturated heterocycles. The molecule has 2 fully saturated rings. The predicted octanol–water partition coefficient (Wildman–Crippen LogP) is 1.07. The van der Waals surface area contributed by atoms with E-state index in [9.17, 15) is 0 Å². The fraction of sp³-hybridized carbons (Fsp3) is 0.818. The quantitative estimate of drug-likeness (QED) is 0.801. The monoisotopic (exact) mass is 206 g/mol. The van der Waals surface area contributed by atoms with Crippen molar-refractivity contribution in [3.63, 3.8) is 0 Å². The van der Waals surface area contributed by atoms with E-state index < -0.39 is 0 Å². The molecule has 2 aliphatic rings. The summed E-state index contributed by atoms with van der Waals surface area (Å²) >= 11 is 0. The van der Waals surface area contributed by atoms with Crippen molar-refractivity contribution in [2.75, 3.05) is 6.54 Å². The molecule has 4 nitrogen and oxygen atoms in total. The van der Waals surface area contributed by atoms with E-state index in [1.54, 1.807) is 0 Å². The fourth-order valence-electron chi connectivity index (χ4n) is 2.36. The Kier molecular flexibility index (Phi) is 2.06. The Labute approximate surface area is 89.8 Å². The van der Waals surface area contributed by atoms with Gasteiger partial charge in [-0.2, -0.15) is 0 Å². The summed E-state index contributed by atoms with van der Waals surface area (Å²) in [6.45, 7) is 1.77. The molecule has 1 aromatic rings. The van der Waals surface area contributed by atoms with Gasteiger partial charge in [-0.1, -0.05) is 11.6 Å². The predicted molar refractivity (Wildman–Crippen MR) is 57.3 cm³/mol. The minimum Gasteiger partial charge on any atom is -0.330 e. The smallest absolute Gasteiger partial charge is 0.0901 e. The van der Waals surface area contributed by atoms with E-state index in [1.165, 1.54) is 32.1 Å². The van der Waals surface area contributed by atoms with Crippen LogP contribution in [-0.2, 0) is 12.0 Å². The Balaban J connectivity index is 1.76. The van der Waals surface area contributed by atoms with Crippen LogP contribution < -0.4 is 5.73 Å². The van der Waals surface area contributed by atoms with E-state index in [4.69, 9.17) is 5.73 Å². The van der Waals surface area contributed by atoms with Crippen LogP contribution in [0, 0.1) is 5.92 Å². The third kappa shape index (κ3) is 1.57. The highest BCUT2D eigenvalue weighted by Gasteiger charge is 2.40. The van der Waals surface area contributed by atoms with Crippen molar-refractivity contribution in [1.29, 1.82) is 0 Å². The van der Waals surface area contributed by atoms with Crippen LogP contribution in [0.25, 0.3) is 0 Å². The average Bonchev–Trinajstić information content (AvgIpc) is 2.85. The van der Waals surface area contributed by atoms with E-state index in [0.29, 0.717) is 0 Å². The summed E-state index contributed by atoms with van der Waals surface area (Å²) in [6.07, 6.45) is 8.49. The van der Waals surface area contributed by atoms with Gasteiger partial charge in [0.2, 0.25) is 0 Å². The van der Waals surface area contributed by atoms with Gasteiger partial charge in [0, 0.05) is 24.7 Å². The number of rotatable bonds is 4. The third-order valence-corrected chi connectivity index (χ3v) is 3.93. The standard InChI is InChI=1S/C11H18N4/c12-8-11(4-1-5-11)10-7-15(14-13-10)6-9-2-3-9/h7,9H,1-6,8,12H2. The van der Waals surface area contributed by atoms with Gasteiger partial charge in [0.1, 0.15) is 0 Å². The molecule has 3 rings (SSSR count). The lowest BCUT2D eigenvalue weighted by Gasteiger charge is -2.38. The Hall–Kier alpha value is -0.900. The van der Waals surface area contributed by atoms with Gasteiger partial charge in [0.05, 0.1) is 5.69 Å². The van der Waals surface area contributed by atoms with Crippen molar-refractivity contribution < 1.29 is 0 Å². The lowest BCUT2D eigenvalue weighted by Crippen LogP contribution is -2.41. The van der Waals surface area contributed by atoms with Crippen LogP contribution in [0.5, 0.6) is 0 Å². The van der Waals surface area contributed by atoms with Crippen LogP contribution in [-0.4, -0.2) is 21.5 Å². The maximum absolute atomic E-state index is 5.85. The van der Waals surface area contributed by atoms with E-state index in [1.807, 2.05) is 4.68 Å². The average molecular weight is 206 g/mol. The topological polar surface area (TPSA) is 56.7 Å². The molecule has 1 aromatic heterocycles. The molecule has 0 aliphatic heterocycles. The number of nitrogens with two attached hydrogens (primary N) is 1. The first kappa shape index (κ1) is 9.33. The van der Waals surface area contributed by atoms with Gasteiger partial charge in [-0.15, -0.1) is 5.10 Å². The molecule has 0 atom stereocenters. The second-order valence-electron chi connectivity index (χ2n) is 5.11. The largest absolute Gasteiger partial charge is 0.330 e. The Morgan fingerprint density at radius 1 is 1.47 bits per heavy atom. The van der Waals surface area contributed by atoms with E-state index >= 15 is 0 Å². The molecule has 15 heavy (non-hydrogen) atoms. The number of aromatic nitrogens is 3. The fourth-order valence-corrected chi connectivity index (χ4v) is 2.36. The molecule has 4 heteroatoms. The van der Waals surface area contributed by atoms with E-state index in [0.717, 1.165) is 24.7 Å². The molecule has 2 saturated carbocycles. The summed E-state index contributed by atoms with van der Waals surface area (Å²) in [6, 6.07) is 0. The van der Waals surface area contributed by atoms with Crippen LogP contribution in [0.15, 0.2) is 6.20 Å². The van der Waals surface area contributed by atoms with E-state index in [2.05, 4.69) is 16.5 Å². The third-order valence-electron chi connectivity index (χ3n) is 3.93. The van der Waals surface area contributed by atoms with Gasteiger partial charge in [0.25, 0.3) is 0 Å². The van der Waals surface area contributed by atoms with Gasteiger partial charge in [-0.05, 0) is 31.6 Å². The number of hydrogen-bond acceptors (Lipinski definition) is 3. The van der Waals surface area contributed by atoms with Crippen LogP contribution >= 0.6 is 0 Å². The summed E-state index contributed by atoms with van der Waals surface area (Å²) in [4.78, 5) is 0. The van der Waals surface area contributed by atoms with Crippen molar-refractivity contribution in [3.8, 4) is 0 Å². The highest BCUT2D eigenvalue weighted by molar-refractivity contribution is 5.17. The second kappa shape index (κ2) is 3.30. The zero-order valence-electron chi connectivity index (χ0n) is 9.02. The molecule has 2 aliphatic carbocycles. The van der Waals surface area contributed by atoms with E-state index in [-0.39, 0.29) is 5.41 Å². The molecule has 0 bridgehead atoms. The summed E-state index contributed by atoms with van der Waals surface area (Å²) in [5.74, 6) is 0.856. The summed E-state index contributed by atoms with van der Waals surface area (Å²) in [7, 11) is 0. The van der Waals surface area contributed by atoms with Gasteiger partial charge in [0.15, 0.2) is 0 Å². The lowest BCUT2D eigenvalue weighted by atomic mass is 9.67. The summed E-state index contributed by atoms with van der Waals surface area (Å²) < 4.78 is 2.00. The Morgan fingerprint density at radius 3 is 2.80 bits per heavy atom. The number of hydrogen-bond donors (Lipinski definition) is 1. The van der Waals surface area contributed by atoms with Crippen LogP contribution in [0.4, 0.5) is 0 Å². The van der Waals surface area contributed by atoms with Crippen molar-refractivity contribution in [3.05, 3.63) is 11.9 Å². The second-order valence-corrected chi connectivity index (χ2v) is 5.11. The first-order chi connectivity index (χ1) is 7.32. The molecule has 0 radical (unpaired) electrons. The highest BCUT2D eigenvalue weighted by Crippen LogP contribution is 2.41. The first-order valence-electron chi connectivity index (χ1n) is 5.93. The van der Waals surface area contributed by atoms with Crippen molar-refractivity contribution in [2.24, 2.45) is 11.7 Å². The molecule has 0 spiro atoms. The maximum Gasteiger partial charge on any atom is 0.0901 e. The van der Waals surface area contributed by atoms with Gasteiger partial charge >= 0.3 is 0 Å². The van der Waals surface area contributed by atoms with Gasteiger partial charge < -0.3 is 5.73 Å². The molecule has 0 amide bonds. The normalized spacial score (nSPS) is 23.8. The minimum absolute atomic E-state index is 0.168. The Morgan fingerprint density at radius 2 is 2.27 bits per heavy atom. The summed E-state index contributed by atoms with van der Waals surface area (Å²) in [5, 5.41) is 8.50. The lowest BCUT2D eigenvalue weighted by molar-refractivity contribution is 0.245. The molecule has 0 aromatic carbocycles. The molecule has 82 valence electrons. The molecular formula is C11H18N4. The zero-order chi connectivity index (χ0) is 10.3. The summed E-state index contributed by atoms with van der Waals surface area (Å²) in [5.41, 5.74) is 7.14. The zero-order valence-corrected chi connectivity index (χ0v) is 9.02. The number of nitrogens with zero attached hydrogens (tertiary/aromatic N) is 3. The van der Waals surface area contributed by atoms with Crippen LogP contribution in [0.1, 0.15) is 37.8 Å². The molecule has 0 unspecified atom stereocenters. The van der Waals surface area contributed by atoms with Crippen molar-refractivity contribution >= 4 is 0 Å². The Bertz CT molecular complexity index is 344. The van der Waals surface area contributed by atoms with Gasteiger partial charge in [-0.25, -0.2) is 0 Å². The van der Waals surface area contributed by atoms with Crippen molar-refractivity contribution in [1.82, 2.24) is 15.0 Å². The van der Waals surface area contributed by atoms with Crippen LogP contribution in [0.3, 0.4) is 0 Å². The molecule has 2 N–H and O–H groups in total. The minimum atomic E-state index is 0.168. The first-order valence-corrected chi connectivity index (χ1v) is 5.93. The maximum atomic E-state index is 5.85. The molecule has 1 heterocycles. The highest BCUT2D eigenvalue weighted by atomic mass is 15.4. The van der Waals surface area contributed by atoms with Gasteiger partial charge in [-0.3, -0.25) is 4.68 Å². The van der Waals surface area contributed by atoms with Crippen LogP contribution in [0.2, 0.25) is 0 Å².